The summed E-state index contributed by atoms with van der Waals surface area (Å²) in [5, 5.41) is 0. The Labute approximate surface area is 75.2 Å². The summed E-state index contributed by atoms with van der Waals surface area (Å²) in [5.74, 6) is 0. The van der Waals surface area contributed by atoms with Crippen molar-refractivity contribution in [3.63, 3.8) is 0 Å². The average Bonchev–Trinajstić information content (AvgIpc) is 1.87. The molecule has 0 aromatic heterocycles. The molecule has 64 valence electrons. The highest BCUT2D eigenvalue weighted by Crippen LogP contribution is 2.08. The van der Waals surface area contributed by atoms with Crippen LogP contribution in [0, 0.1) is 0 Å². The third kappa shape index (κ3) is 7.69. The van der Waals surface area contributed by atoms with Crippen molar-refractivity contribution in [1.82, 2.24) is 4.90 Å². The van der Waals surface area contributed by atoms with E-state index in [0.29, 0.717) is 0 Å². The number of allylic oxidation sites excluding steroid dienone is 3. The lowest BCUT2D eigenvalue weighted by molar-refractivity contribution is 0.401. The molecule has 0 aromatic rings. The Morgan fingerprint density at radius 1 is 1.55 bits per heavy atom. The Kier molecular flexibility index (Phi) is 6.37. The molecule has 2 heteroatoms. The van der Waals surface area contributed by atoms with Crippen LogP contribution in [-0.4, -0.2) is 25.5 Å². The van der Waals surface area contributed by atoms with Crippen LogP contribution < -0.4 is 0 Å². The summed E-state index contributed by atoms with van der Waals surface area (Å²) < 4.78 is 0. The van der Waals surface area contributed by atoms with Crippen LogP contribution in [0.5, 0.6) is 0 Å². The van der Waals surface area contributed by atoms with E-state index in [4.69, 9.17) is 0 Å². The Bertz CT molecular complexity index is 138. The van der Waals surface area contributed by atoms with E-state index in [-0.39, 0.29) is 0 Å². The molecule has 0 unspecified atom stereocenters. The van der Waals surface area contributed by atoms with Gasteiger partial charge >= 0.3 is 0 Å². The zero-order chi connectivity index (χ0) is 8.69. The fourth-order valence-corrected chi connectivity index (χ4v) is 1.06. The van der Waals surface area contributed by atoms with E-state index in [1.165, 1.54) is 0 Å². The number of thiol groups is 1. The van der Waals surface area contributed by atoms with Crippen LogP contribution in [-0.2, 0) is 0 Å². The highest BCUT2D eigenvalue weighted by molar-refractivity contribution is 7.84. The summed E-state index contributed by atoms with van der Waals surface area (Å²) in [6, 6.07) is 0. The SMILES string of the molecule is C=C/C=C(\S)CCCN(C)C. The van der Waals surface area contributed by atoms with Crippen molar-refractivity contribution in [2.45, 2.75) is 12.8 Å². The Morgan fingerprint density at radius 2 is 2.18 bits per heavy atom. The van der Waals surface area contributed by atoms with Gasteiger partial charge in [0.1, 0.15) is 0 Å². The molecule has 0 saturated heterocycles. The standard InChI is InChI=1S/C9H17NS/c1-4-6-9(11)7-5-8-10(2)3/h4,6,11H,1,5,7-8H2,2-3H3/b9-6-. The third-order valence-corrected chi connectivity index (χ3v) is 1.72. The normalized spacial score (nSPS) is 12.2. The van der Waals surface area contributed by atoms with E-state index in [1.807, 2.05) is 6.08 Å². The molecule has 11 heavy (non-hydrogen) atoms. The first-order valence-electron chi connectivity index (χ1n) is 3.82. The lowest BCUT2D eigenvalue weighted by atomic mass is 10.3. The maximum absolute atomic E-state index is 4.28. The molecule has 0 atom stereocenters. The second-order valence-corrected chi connectivity index (χ2v) is 3.37. The van der Waals surface area contributed by atoms with E-state index in [1.54, 1.807) is 6.08 Å². The second kappa shape index (κ2) is 6.50. The van der Waals surface area contributed by atoms with Gasteiger partial charge in [0.15, 0.2) is 0 Å². The fourth-order valence-electron chi connectivity index (χ4n) is 0.796. The first kappa shape index (κ1) is 10.8. The van der Waals surface area contributed by atoms with E-state index >= 15 is 0 Å². The van der Waals surface area contributed by atoms with Crippen molar-refractivity contribution in [2.24, 2.45) is 0 Å². The first-order valence-corrected chi connectivity index (χ1v) is 4.27. The van der Waals surface area contributed by atoms with Gasteiger partial charge in [-0.05, 0) is 38.4 Å². The molecule has 0 aromatic carbocycles. The smallest absolute Gasteiger partial charge is 0.00215 e. The molecule has 1 nitrogen and oxygen atoms in total. The molecule has 0 aliphatic rings. The van der Waals surface area contributed by atoms with Crippen molar-refractivity contribution in [2.75, 3.05) is 20.6 Å². The minimum Gasteiger partial charge on any atom is -0.309 e. The maximum atomic E-state index is 4.28. The lowest BCUT2D eigenvalue weighted by Crippen LogP contribution is -2.12. The van der Waals surface area contributed by atoms with Crippen molar-refractivity contribution < 1.29 is 0 Å². The van der Waals surface area contributed by atoms with Gasteiger partial charge in [-0.25, -0.2) is 0 Å². The lowest BCUT2D eigenvalue weighted by Gasteiger charge is -2.08. The topological polar surface area (TPSA) is 3.24 Å². The van der Waals surface area contributed by atoms with Crippen LogP contribution in [0.4, 0.5) is 0 Å². The summed E-state index contributed by atoms with van der Waals surface area (Å²) >= 11 is 4.28. The predicted molar refractivity (Wildman–Crippen MR) is 55.1 cm³/mol. The van der Waals surface area contributed by atoms with Crippen LogP contribution in [0.15, 0.2) is 23.6 Å². The number of nitrogens with zero attached hydrogens (tertiary/aromatic N) is 1. The highest BCUT2D eigenvalue weighted by Gasteiger charge is 1.91. The minimum atomic E-state index is 1.05. The molecule has 0 aliphatic heterocycles. The molecular formula is C9H17NS. The largest absolute Gasteiger partial charge is 0.309 e. The zero-order valence-electron chi connectivity index (χ0n) is 7.38. The van der Waals surface area contributed by atoms with Gasteiger partial charge in [-0.1, -0.05) is 18.7 Å². The number of hydrogen-bond donors (Lipinski definition) is 1. The highest BCUT2D eigenvalue weighted by atomic mass is 32.1. The van der Waals surface area contributed by atoms with Gasteiger partial charge < -0.3 is 4.90 Å². The van der Waals surface area contributed by atoms with E-state index in [0.717, 1.165) is 24.3 Å². The van der Waals surface area contributed by atoms with Gasteiger partial charge in [0, 0.05) is 0 Å². The summed E-state index contributed by atoms with van der Waals surface area (Å²) in [7, 11) is 4.16. The van der Waals surface area contributed by atoms with Gasteiger partial charge in [0.05, 0.1) is 0 Å². The van der Waals surface area contributed by atoms with Gasteiger partial charge in [0.2, 0.25) is 0 Å². The molecule has 0 rings (SSSR count). The van der Waals surface area contributed by atoms with Crippen molar-refractivity contribution >= 4 is 12.6 Å². The van der Waals surface area contributed by atoms with Gasteiger partial charge in [-0.15, -0.1) is 12.6 Å². The number of rotatable bonds is 5. The van der Waals surface area contributed by atoms with Gasteiger partial charge in [-0.3, -0.25) is 0 Å². The summed E-state index contributed by atoms with van der Waals surface area (Å²) in [5.41, 5.74) is 0. The quantitative estimate of drug-likeness (QED) is 0.491. The monoisotopic (exact) mass is 171 g/mol. The first-order chi connectivity index (χ1) is 5.16. The Hall–Kier alpha value is -0.210. The van der Waals surface area contributed by atoms with Gasteiger partial charge in [-0.2, -0.15) is 0 Å². The molecule has 0 radical (unpaired) electrons. The van der Waals surface area contributed by atoms with E-state index < -0.39 is 0 Å². The Morgan fingerprint density at radius 3 is 2.64 bits per heavy atom. The predicted octanol–water partition coefficient (Wildman–Crippen LogP) is 2.33. The summed E-state index contributed by atoms with van der Waals surface area (Å²) in [4.78, 5) is 3.29. The van der Waals surface area contributed by atoms with E-state index in [9.17, 15) is 0 Å². The van der Waals surface area contributed by atoms with Gasteiger partial charge in [0.25, 0.3) is 0 Å². The zero-order valence-corrected chi connectivity index (χ0v) is 8.27. The number of hydrogen-bond acceptors (Lipinski definition) is 2. The van der Waals surface area contributed by atoms with Crippen LogP contribution >= 0.6 is 12.6 Å². The van der Waals surface area contributed by atoms with Crippen LogP contribution in [0.1, 0.15) is 12.8 Å². The fraction of sp³-hybridized carbons (Fsp3) is 0.556. The molecule has 0 heterocycles. The van der Waals surface area contributed by atoms with Crippen LogP contribution in [0.2, 0.25) is 0 Å². The average molecular weight is 171 g/mol. The summed E-state index contributed by atoms with van der Waals surface area (Å²) in [6.07, 6.45) is 5.93. The van der Waals surface area contributed by atoms with Crippen molar-refractivity contribution in [3.05, 3.63) is 23.6 Å². The molecular weight excluding hydrogens is 154 g/mol. The molecule has 0 saturated carbocycles. The van der Waals surface area contributed by atoms with Crippen LogP contribution in [0.25, 0.3) is 0 Å². The van der Waals surface area contributed by atoms with Crippen molar-refractivity contribution in [1.29, 1.82) is 0 Å². The van der Waals surface area contributed by atoms with Crippen LogP contribution in [0.3, 0.4) is 0 Å². The summed E-state index contributed by atoms with van der Waals surface area (Å²) in [6.45, 7) is 4.73. The molecule has 0 fully saturated rings. The molecule has 0 aliphatic carbocycles. The van der Waals surface area contributed by atoms with Crippen molar-refractivity contribution in [3.8, 4) is 0 Å². The molecule has 0 N–H and O–H groups in total. The molecule has 0 bridgehead atoms. The molecule has 0 spiro atoms. The maximum Gasteiger partial charge on any atom is -0.00215 e. The second-order valence-electron chi connectivity index (χ2n) is 2.80. The van der Waals surface area contributed by atoms with E-state index in [2.05, 4.69) is 38.2 Å². The molecule has 0 amide bonds. The Balaban J connectivity index is 3.38. The third-order valence-electron chi connectivity index (χ3n) is 1.35. The minimum absolute atomic E-state index is 1.05.